The van der Waals surface area contributed by atoms with Gasteiger partial charge >= 0.3 is 12.0 Å². The lowest BCUT2D eigenvalue weighted by Gasteiger charge is -2.22. The number of unbranched alkanes of at least 4 members (excludes halogenated alkanes) is 1. The van der Waals surface area contributed by atoms with Crippen molar-refractivity contribution in [3.63, 3.8) is 0 Å². The highest BCUT2D eigenvalue weighted by atomic mass is 16.7. The van der Waals surface area contributed by atoms with Crippen molar-refractivity contribution in [1.29, 1.82) is 0 Å². The molecule has 1 atom stereocenters. The van der Waals surface area contributed by atoms with Crippen LogP contribution in [-0.4, -0.2) is 42.8 Å². The van der Waals surface area contributed by atoms with Crippen LogP contribution in [0.2, 0.25) is 0 Å². The fraction of sp³-hybridized carbons (Fsp3) is 0.471. The summed E-state index contributed by atoms with van der Waals surface area (Å²) in [5.41, 5.74) is -0.723. The van der Waals surface area contributed by atoms with Gasteiger partial charge in [0.15, 0.2) is 11.5 Å². The van der Waals surface area contributed by atoms with Crippen molar-refractivity contribution >= 4 is 17.9 Å². The molecule has 0 aromatic heterocycles. The van der Waals surface area contributed by atoms with Crippen LogP contribution < -0.4 is 14.8 Å². The monoisotopic (exact) mass is 348 g/mol. The lowest BCUT2D eigenvalue weighted by molar-refractivity contribution is -0.147. The molecular formula is C17H20N2O6. The maximum Gasteiger partial charge on any atom is 0.326 e. The molecule has 8 heteroatoms. The van der Waals surface area contributed by atoms with Gasteiger partial charge in [-0.05, 0) is 31.0 Å². The van der Waals surface area contributed by atoms with Crippen LogP contribution in [0.3, 0.4) is 0 Å². The van der Waals surface area contributed by atoms with Crippen molar-refractivity contribution in [2.45, 2.75) is 32.2 Å². The number of nitrogens with zero attached hydrogens (tertiary/aromatic N) is 1. The maximum atomic E-state index is 12.8. The Morgan fingerprint density at radius 3 is 2.84 bits per heavy atom. The molecule has 0 saturated carbocycles. The van der Waals surface area contributed by atoms with Gasteiger partial charge in [-0.25, -0.2) is 4.79 Å². The first kappa shape index (κ1) is 17.1. The van der Waals surface area contributed by atoms with E-state index < -0.39 is 30.0 Å². The minimum Gasteiger partial charge on any atom is -0.464 e. The highest BCUT2D eigenvalue weighted by Gasteiger charge is 2.50. The highest BCUT2D eigenvalue weighted by Crippen LogP contribution is 2.37. The Morgan fingerprint density at radius 2 is 2.08 bits per heavy atom. The van der Waals surface area contributed by atoms with Gasteiger partial charge in [0.2, 0.25) is 6.79 Å². The molecule has 2 heterocycles. The van der Waals surface area contributed by atoms with E-state index in [1.165, 1.54) is 0 Å². The zero-order chi connectivity index (χ0) is 18.0. The van der Waals surface area contributed by atoms with E-state index in [1.807, 2.05) is 6.92 Å². The van der Waals surface area contributed by atoms with Crippen LogP contribution in [0.4, 0.5) is 4.79 Å². The lowest BCUT2D eigenvalue weighted by Crippen LogP contribution is -2.41. The second kappa shape index (κ2) is 6.62. The quantitative estimate of drug-likeness (QED) is 0.476. The third kappa shape index (κ3) is 3.11. The molecule has 0 aliphatic carbocycles. The zero-order valence-corrected chi connectivity index (χ0v) is 14.2. The molecule has 1 aromatic rings. The SMILES string of the molecule is CCCCOC(=O)CN1C(=O)N[C@@](C)(c2ccc3c(c2)OCO3)C1=O. The van der Waals surface area contributed by atoms with Crippen LogP contribution in [0, 0.1) is 0 Å². The fourth-order valence-corrected chi connectivity index (χ4v) is 2.75. The number of ether oxygens (including phenoxy) is 3. The average Bonchev–Trinajstić information content (AvgIpc) is 3.13. The second-order valence-electron chi connectivity index (χ2n) is 6.09. The zero-order valence-electron chi connectivity index (χ0n) is 14.2. The number of carbonyl (C=O) groups is 3. The van der Waals surface area contributed by atoms with Gasteiger partial charge in [0.05, 0.1) is 6.61 Å². The molecule has 1 N–H and O–H groups in total. The van der Waals surface area contributed by atoms with E-state index in [-0.39, 0.29) is 13.4 Å². The van der Waals surface area contributed by atoms with Crippen LogP contribution >= 0.6 is 0 Å². The summed E-state index contributed by atoms with van der Waals surface area (Å²) in [6.07, 6.45) is 1.62. The van der Waals surface area contributed by atoms with E-state index in [9.17, 15) is 14.4 Å². The van der Waals surface area contributed by atoms with E-state index >= 15 is 0 Å². The van der Waals surface area contributed by atoms with E-state index in [0.717, 1.165) is 17.7 Å². The van der Waals surface area contributed by atoms with E-state index in [4.69, 9.17) is 14.2 Å². The standard InChI is InChI=1S/C17H20N2O6/c1-3-4-7-23-14(20)9-19-15(21)17(2,18-16(19)22)11-5-6-12-13(8-11)25-10-24-12/h5-6,8H,3-4,7,9-10H2,1-2H3,(H,18,22)/t17-/m0/s1. The van der Waals surface area contributed by atoms with Gasteiger partial charge in [0.1, 0.15) is 12.1 Å². The van der Waals surface area contributed by atoms with E-state index in [1.54, 1.807) is 25.1 Å². The van der Waals surface area contributed by atoms with Gasteiger partial charge in [-0.2, -0.15) is 0 Å². The molecule has 25 heavy (non-hydrogen) atoms. The van der Waals surface area contributed by atoms with Gasteiger partial charge in [-0.1, -0.05) is 19.4 Å². The number of nitrogens with one attached hydrogen (secondary N) is 1. The molecule has 8 nitrogen and oxygen atoms in total. The van der Waals surface area contributed by atoms with Crippen molar-refractivity contribution in [1.82, 2.24) is 10.2 Å². The predicted octanol–water partition coefficient (Wildman–Crippen LogP) is 1.53. The van der Waals surface area contributed by atoms with Gasteiger partial charge in [0.25, 0.3) is 5.91 Å². The summed E-state index contributed by atoms with van der Waals surface area (Å²) >= 11 is 0. The number of hydrogen-bond acceptors (Lipinski definition) is 6. The van der Waals surface area contributed by atoms with Crippen LogP contribution in [0.15, 0.2) is 18.2 Å². The molecule has 0 radical (unpaired) electrons. The summed E-state index contributed by atoms with van der Waals surface area (Å²) in [7, 11) is 0. The Bertz CT molecular complexity index is 719. The Kier molecular flexibility index (Phi) is 4.52. The number of fused-ring (bicyclic) bond motifs is 1. The molecule has 3 rings (SSSR count). The average molecular weight is 348 g/mol. The summed E-state index contributed by atoms with van der Waals surface area (Å²) in [5.74, 6) is -0.0191. The van der Waals surface area contributed by atoms with Crippen LogP contribution in [0.5, 0.6) is 11.5 Å². The minimum atomic E-state index is -1.28. The van der Waals surface area contributed by atoms with Crippen LogP contribution in [0.25, 0.3) is 0 Å². The van der Waals surface area contributed by atoms with Crippen molar-refractivity contribution in [2.24, 2.45) is 0 Å². The summed E-state index contributed by atoms with van der Waals surface area (Å²) in [4.78, 5) is 37.7. The first-order chi connectivity index (χ1) is 12.0. The van der Waals surface area contributed by atoms with Gasteiger partial charge in [0, 0.05) is 0 Å². The van der Waals surface area contributed by atoms with E-state index in [2.05, 4.69) is 5.32 Å². The second-order valence-corrected chi connectivity index (χ2v) is 6.09. The Labute approximate surface area is 145 Å². The third-order valence-electron chi connectivity index (χ3n) is 4.27. The Morgan fingerprint density at radius 1 is 1.32 bits per heavy atom. The highest BCUT2D eigenvalue weighted by molar-refractivity contribution is 6.08. The Hall–Kier alpha value is -2.77. The molecule has 2 aliphatic rings. The molecule has 3 amide bonds. The van der Waals surface area contributed by atoms with Gasteiger partial charge in [-0.15, -0.1) is 0 Å². The van der Waals surface area contributed by atoms with Crippen LogP contribution in [-0.2, 0) is 19.9 Å². The molecule has 2 aliphatic heterocycles. The van der Waals surface area contributed by atoms with E-state index in [0.29, 0.717) is 17.1 Å². The summed E-state index contributed by atoms with van der Waals surface area (Å²) in [6, 6.07) is 4.40. The third-order valence-corrected chi connectivity index (χ3v) is 4.27. The molecule has 1 aromatic carbocycles. The number of hydrogen-bond donors (Lipinski definition) is 1. The number of benzene rings is 1. The summed E-state index contributed by atoms with van der Waals surface area (Å²) < 4.78 is 15.6. The smallest absolute Gasteiger partial charge is 0.326 e. The number of carbonyl (C=O) groups excluding carboxylic acids is 3. The van der Waals surface area contributed by atoms with Gasteiger partial charge in [-0.3, -0.25) is 14.5 Å². The number of urea groups is 1. The minimum absolute atomic E-state index is 0.117. The van der Waals surface area contributed by atoms with Crippen molar-refractivity contribution in [2.75, 3.05) is 19.9 Å². The molecule has 0 unspecified atom stereocenters. The van der Waals surface area contributed by atoms with Crippen molar-refractivity contribution in [3.8, 4) is 11.5 Å². The number of amides is 3. The fourth-order valence-electron chi connectivity index (χ4n) is 2.75. The summed E-state index contributed by atoms with van der Waals surface area (Å²) in [5, 5.41) is 2.64. The number of esters is 1. The Balaban J connectivity index is 1.74. The number of imide groups is 1. The first-order valence-electron chi connectivity index (χ1n) is 8.15. The van der Waals surface area contributed by atoms with Crippen molar-refractivity contribution in [3.05, 3.63) is 23.8 Å². The summed E-state index contributed by atoms with van der Waals surface area (Å²) in [6.45, 7) is 3.55. The first-order valence-corrected chi connectivity index (χ1v) is 8.15. The maximum absolute atomic E-state index is 12.8. The molecule has 1 saturated heterocycles. The normalized spacial score (nSPS) is 21.4. The molecular weight excluding hydrogens is 328 g/mol. The topological polar surface area (TPSA) is 94.2 Å². The number of rotatable bonds is 6. The molecule has 0 spiro atoms. The van der Waals surface area contributed by atoms with Crippen LogP contribution in [0.1, 0.15) is 32.3 Å². The predicted molar refractivity (Wildman–Crippen MR) is 86.0 cm³/mol. The molecule has 1 fully saturated rings. The largest absolute Gasteiger partial charge is 0.464 e. The molecule has 0 bridgehead atoms. The lowest BCUT2D eigenvalue weighted by atomic mass is 9.91. The van der Waals surface area contributed by atoms with Crippen molar-refractivity contribution < 1.29 is 28.6 Å². The van der Waals surface area contributed by atoms with Gasteiger partial charge < -0.3 is 19.5 Å². The molecule has 134 valence electrons.